The smallest absolute Gasteiger partial charge is 0.0713 e. The summed E-state index contributed by atoms with van der Waals surface area (Å²) in [4.78, 5) is 0. The highest BCUT2D eigenvalue weighted by molar-refractivity contribution is 6.19. The van der Waals surface area contributed by atoms with Crippen molar-refractivity contribution in [2.24, 2.45) is 0 Å². The molecule has 0 spiro atoms. The third-order valence-corrected chi connectivity index (χ3v) is 14.8. The van der Waals surface area contributed by atoms with Crippen molar-refractivity contribution >= 4 is 43.6 Å². The second-order valence-electron chi connectivity index (χ2n) is 18.4. The van der Waals surface area contributed by atoms with Crippen molar-refractivity contribution in [3.63, 3.8) is 0 Å². The van der Waals surface area contributed by atoms with Crippen LogP contribution in [-0.2, 0) is 5.41 Å². The lowest BCUT2D eigenvalue weighted by atomic mass is 9.67. The Bertz CT molecular complexity index is 4050. The molecule has 0 saturated carbocycles. The van der Waals surface area contributed by atoms with Gasteiger partial charge in [-0.1, -0.05) is 206 Å². The monoisotopic (exact) mass is 876 g/mol. The number of para-hydroxylation sites is 1. The van der Waals surface area contributed by atoms with E-state index in [9.17, 15) is 0 Å². The van der Waals surface area contributed by atoms with Gasteiger partial charge in [0.2, 0.25) is 0 Å². The average Bonchev–Trinajstić information content (AvgIpc) is 4.06. The molecular weight excluding hydrogens is 833 g/mol. The minimum Gasteiger partial charge on any atom is -0.309 e. The Morgan fingerprint density at radius 3 is 1.43 bits per heavy atom. The van der Waals surface area contributed by atoms with Crippen LogP contribution in [0.4, 0.5) is 0 Å². The van der Waals surface area contributed by atoms with Crippen LogP contribution in [0, 0.1) is 0 Å². The molecule has 1 aliphatic rings. The molecule has 2 heteroatoms. The minimum absolute atomic E-state index is 0.508. The van der Waals surface area contributed by atoms with E-state index in [1.165, 1.54) is 110 Å². The lowest BCUT2D eigenvalue weighted by Crippen LogP contribution is -2.28. The van der Waals surface area contributed by atoms with Crippen molar-refractivity contribution in [1.82, 2.24) is 9.13 Å². The summed E-state index contributed by atoms with van der Waals surface area (Å²) in [6, 6.07) is 98.6. The van der Waals surface area contributed by atoms with Crippen LogP contribution in [0.3, 0.4) is 0 Å². The van der Waals surface area contributed by atoms with Gasteiger partial charge in [0.05, 0.1) is 27.5 Å². The Hall–Kier alpha value is -8.98. The molecule has 69 heavy (non-hydrogen) atoms. The second kappa shape index (κ2) is 15.6. The van der Waals surface area contributed by atoms with Crippen LogP contribution in [0.5, 0.6) is 0 Å². The fourth-order valence-electron chi connectivity index (χ4n) is 11.8. The predicted octanol–water partition coefficient (Wildman–Crippen LogP) is 17.2. The van der Waals surface area contributed by atoms with Gasteiger partial charge in [0.15, 0.2) is 0 Å². The Morgan fingerprint density at radius 1 is 0.261 bits per heavy atom. The van der Waals surface area contributed by atoms with Crippen LogP contribution >= 0.6 is 0 Å². The number of hydrogen-bond donors (Lipinski definition) is 0. The number of rotatable bonds is 7. The molecule has 0 aliphatic heterocycles. The van der Waals surface area contributed by atoms with E-state index < -0.39 is 5.41 Å². The quantitative estimate of drug-likeness (QED) is 0.151. The topological polar surface area (TPSA) is 9.86 Å². The molecule has 13 aromatic rings. The zero-order valence-corrected chi connectivity index (χ0v) is 37.8. The van der Waals surface area contributed by atoms with Gasteiger partial charge in [0, 0.05) is 32.9 Å². The van der Waals surface area contributed by atoms with E-state index in [4.69, 9.17) is 0 Å². The highest BCUT2D eigenvalue weighted by atomic mass is 15.0. The molecule has 322 valence electrons. The first-order valence-electron chi connectivity index (χ1n) is 23.9. The van der Waals surface area contributed by atoms with Gasteiger partial charge in [-0.2, -0.15) is 0 Å². The van der Waals surface area contributed by atoms with Crippen LogP contribution in [0.25, 0.3) is 99.5 Å². The molecule has 0 atom stereocenters. The van der Waals surface area contributed by atoms with Gasteiger partial charge in [-0.05, 0) is 127 Å². The molecule has 0 bridgehead atoms. The first-order valence-corrected chi connectivity index (χ1v) is 23.9. The number of fused-ring (bicyclic) bond motifs is 10. The highest BCUT2D eigenvalue weighted by Gasteiger charge is 2.47. The van der Waals surface area contributed by atoms with Crippen LogP contribution < -0.4 is 0 Å². The van der Waals surface area contributed by atoms with Gasteiger partial charge >= 0.3 is 0 Å². The predicted molar refractivity (Wildman–Crippen MR) is 289 cm³/mol. The number of nitrogens with zero attached hydrogens (tertiary/aromatic N) is 2. The van der Waals surface area contributed by atoms with Gasteiger partial charge in [0.1, 0.15) is 0 Å². The number of aromatic nitrogens is 2. The number of benzene rings is 11. The summed E-state index contributed by atoms with van der Waals surface area (Å²) in [7, 11) is 0. The maximum Gasteiger partial charge on any atom is 0.0713 e. The van der Waals surface area contributed by atoms with E-state index in [2.05, 4.69) is 276 Å². The molecule has 2 heterocycles. The second-order valence-corrected chi connectivity index (χ2v) is 18.4. The van der Waals surface area contributed by atoms with Gasteiger partial charge in [-0.25, -0.2) is 0 Å². The van der Waals surface area contributed by atoms with Gasteiger partial charge in [0.25, 0.3) is 0 Å². The Balaban J connectivity index is 1.02. The van der Waals surface area contributed by atoms with E-state index in [1.807, 2.05) is 0 Å². The molecule has 0 N–H and O–H groups in total. The Morgan fingerprint density at radius 2 is 0.739 bits per heavy atom. The van der Waals surface area contributed by atoms with Crippen LogP contribution in [-0.4, -0.2) is 9.13 Å². The van der Waals surface area contributed by atoms with Gasteiger partial charge in [-0.3, -0.25) is 0 Å². The summed E-state index contributed by atoms with van der Waals surface area (Å²) in [5.41, 5.74) is 21.5. The normalized spacial score (nSPS) is 12.8. The molecule has 11 aromatic carbocycles. The van der Waals surface area contributed by atoms with Crippen molar-refractivity contribution in [2.75, 3.05) is 0 Å². The molecule has 2 aromatic heterocycles. The largest absolute Gasteiger partial charge is 0.309 e. The molecule has 2 nitrogen and oxygen atoms in total. The summed E-state index contributed by atoms with van der Waals surface area (Å²) in [6.45, 7) is 0. The first kappa shape index (κ1) is 39.2. The molecule has 0 amide bonds. The summed E-state index contributed by atoms with van der Waals surface area (Å²) in [5.74, 6) is 0. The molecule has 1 aliphatic carbocycles. The van der Waals surface area contributed by atoms with E-state index in [0.29, 0.717) is 0 Å². The Kier molecular flexibility index (Phi) is 8.84. The zero-order valence-electron chi connectivity index (χ0n) is 37.8. The maximum absolute atomic E-state index is 2.48. The molecular formula is C67H44N2. The SMILES string of the molecule is c1ccc(-c2ccc(-n3c4ccc(-c5ccc6c(c5)c5ccccc5n6-c5cccc(-c6ccccc6)c5)cc4c4c5c(ccc43)C(c3ccccc3)(c3ccccc3)c3ccccc3-5)cc2)cc1. The molecule has 0 saturated heterocycles. The summed E-state index contributed by atoms with van der Waals surface area (Å²) < 4.78 is 4.91. The third kappa shape index (κ3) is 5.92. The zero-order chi connectivity index (χ0) is 45.5. The van der Waals surface area contributed by atoms with Crippen LogP contribution in [0.2, 0.25) is 0 Å². The fourth-order valence-corrected chi connectivity index (χ4v) is 11.8. The Labute approximate surface area is 401 Å². The maximum atomic E-state index is 2.48. The summed E-state index contributed by atoms with van der Waals surface area (Å²) in [6.07, 6.45) is 0. The lowest BCUT2D eigenvalue weighted by Gasteiger charge is -2.33. The van der Waals surface area contributed by atoms with E-state index in [-0.39, 0.29) is 0 Å². The van der Waals surface area contributed by atoms with Crippen molar-refractivity contribution in [3.05, 3.63) is 289 Å². The lowest BCUT2D eigenvalue weighted by molar-refractivity contribution is 0.769. The number of hydrogen-bond acceptors (Lipinski definition) is 0. The van der Waals surface area contributed by atoms with Gasteiger partial charge in [-0.15, -0.1) is 0 Å². The molecule has 0 radical (unpaired) electrons. The van der Waals surface area contributed by atoms with E-state index >= 15 is 0 Å². The van der Waals surface area contributed by atoms with Crippen molar-refractivity contribution in [3.8, 4) is 55.9 Å². The van der Waals surface area contributed by atoms with Crippen LogP contribution in [0.1, 0.15) is 22.3 Å². The third-order valence-electron chi connectivity index (χ3n) is 14.8. The fraction of sp³-hybridized carbons (Fsp3) is 0.0149. The average molecular weight is 877 g/mol. The highest BCUT2D eigenvalue weighted by Crippen LogP contribution is 2.59. The minimum atomic E-state index is -0.508. The van der Waals surface area contributed by atoms with Crippen LogP contribution in [0.15, 0.2) is 267 Å². The molecule has 0 unspecified atom stereocenters. The summed E-state index contributed by atoms with van der Waals surface area (Å²) >= 11 is 0. The first-order chi connectivity index (χ1) is 34.2. The summed E-state index contributed by atoms with van der Waals surface area (Å²) in [5, 5.41) is 4.98. The standard InChI is InChI=1S/C67H44N2/c1-5-18-45(19-6-1)47-32-36-53(37-33-47)68-63-40-35-50(49-34-39-62-57(43-49)55-28-14-16-31-61(55)69(62)54-27-17-22-48(42-54)46-20-7-2-8-21-46)44-58(63)66-64(68)41-38-60-65(66)56-29-13-15-30-59(56)67(60,51-23-9-3-10-24-51)52-25-11-4-12-26-52/h1-44H. The molecule has 0 fully saturated rings. The van der Waals surface area contributed by atoms with E-state index in [1.54, 1.807) is 0 Å². The van der Waals surface area contributed by atoms with Crippen molar-refractivity contribution < 1.29 is 0 Å². The van der Waals surface area contributed by atoms with Crippen molar-refractivity contribution in [2.45, 2.75) is 5.41 Å². The van der Waals surface area contributed by atoms with E-state index in [0.717, 1.165) is 11.4 Å². The van der Waals surface area contributed by atoms with Gasteiger partial charge < -0.3 is 9.13 Å². The molecule has 14 rings (SSSR count). The van der Waals surface area contributed by atoms with Crippen molar-refractivity contribution in [1.29, 1.82) is 0 Å².